The van der Waals surface area contributed by atoms with E-state index in [0.29, 0.717) is 5.92 Å². The molecular weight excluding hydrogens is 305 g/mol. The van der Waals surface area contributed by atoms with Gasteiger partial charge in [0.1, 0.15) is 5.82 Å². The van der Waals surface area contributed by atoms with Crippen molar-refractivity contribution in [2.24, 2.45) is 5.92 Å². The van der Waals surface area contributed by atoms with Gasteiger partial charge in [0.25, 0.3) is 15.0 Å². The molecule has 0 heterocycles. The standard InChI is InChI=1S/C13H15ClFNO3S/c1-8(4-9-2-3-9)16-13(17)10-5-11(15)7-12(6-10)20(14,18)19/h5-9H,2-4H2,1H3,(H,16,17). The summed E-state index contributed by atoms with van der Waals surface area (Å²) in [4.78, 5) is 11.6. The van der Waals surface area contributed by atoms with Crippen LogP contribution in [0.25, 0.3) is 0 Å². The zero-order chi connectivity index (χ0) is 14.9. The Kier molecular flexibility index (Phi) is 4.34. The van der Waals surface area contributed by atoms with E-state index >= 15 is 0 Å². The molecule has 4 nitrogen and oxygen atoms in total. The van der Waals surface area contributed by atoms with Crippen LogP contribution in [0.15, 0.2) is 23.1 Å². The number of halogens is 2. The molecule has 1 N–H and O–H groups in total. The van der Waals surface area contributed by atoms with Gasteiger partial charge in [-0.25, -0.2) is 12.8 Å². The van der Waals surface area contributed by atoms with Crippen molar-refractivity contribution < 1.29 is 17.6 Å². The van der Waals surface area contributed by atoms with Gasteiger partial charge < -0.3 is 5.32 Å². The highest BCUT2D eigenvalue weighted by Gasteiger charge is 2.24. The first-order valence-electron chi connectivity index (χ1n) is 6.32. The summed E-state index contributed by atoms with van der Waals surface area (Å²) in [6, 6.07) is 2.82. The molecule has 0 spiro atoms. The second kappa shape index (κ2) is 5.69. The van der Waals surface area contributed by atoms with Crippen LogP contribution in [0, 0.1) is 11.7 Å². The Labute approximate surface area is 121 Å². The molecule has 2 rings (SSSR count). The largest absolute Gasteiger partial charge is 0.350 e. The number of rotatable bonds is 5. The van der Waals surface area contributed by atoms with Gasteiger partial charge in [-0.05, 0) is 37.5 Å². The highest BCUT2D eigenvalue weighted by Crippen LogP contribution is 2.33. The van der Waals surface area contributed by atoms with Crippen molar-refractivity contribution in [2.45, 2.75) is 37.1 Å². The summed E-state index contributed by atoms with van der Waals surface area (Å²) in [6.07, 6.45) is 3.23. The molecule has 1 amide bonds. The predicted molar refractivity (Wildman–Crippen MR) is 73.7 cm³/mol. The lowest BCUT2D eigenvalue weighted by molar-refractivity contribution is 0.0936. The SMILES string of the molecule is CC(CC1CC1)NC(=O)c1cc(F)cc(S(=O)(=O)Cl)c1. The van der Waals surface area contributed by atoms with Crippen molar-refractivity contribution in [1.29, 1.82) is 0 Å². The van der Waals surface area contributed by atoms with E-state index in [-0.39, 0.29) is 11.6 Å². The van der Waals surface area contributed by atoms with Gasteiger partial charge >= 0.3 is 0 Å². The van der Waals surface area contributed by atoms with Gasteiger partial charge in [-0.15, -0.1) is 0 Å². The summed E-state index contributed by atoms with van der Waals surface area (Å²) >= 11 is 0. The molecule has 0 aliphatic heterocycles. The van der Waals surface area contributed by atoms with Crippen molar-refractivity contribution in [3.63, 3.8) is 0 Å². The Morgan fingerprint density at radius 2 is 2.10 bits per heavy atom. The van der Waals surface area contributed by atoms with Gasteiger partial charge in [-0.1, -0.05) is 12.8 Å². The Morgan fingerprint density at radius 1 is 1.45 bits per heavy atom. The summed E-state index contributed by atoms with van der Waals surface area (Å²) in [5, 5.41) is 2.73. The fourth-order valence-electron chi connectivity index (χ4n) is 2.05. The van der Waals surface area contributed by atoms with Crippen LogP contribution >= 0.6 is 10.7 Å². The fourth-order valence-corrected chi connectivity index (χ4v) is 2.84. The number of carbonyl (C=O) groups is 1. The van der Waals surface area contributed by atoms with E-state index in [4.69, 9.17) is 10.7 Å². The van der Waals surface area contributed by atoms with E-state index in [9.17, 15) is 17.6 Å². The average Bonchev–Trinajstić information content (AvgIpc) is 3.10. The first-order chi connectivity index (χ1) is 9.25. The second-order valence-corrected chi connectivity index (χ2v) is 7.73. The van der Waals surface area contributed by atoms with Crippen LogP contribution in [-0.4, -0.2) is 20.4 Å². The van der Waals surface area contributed by atoms with E-state index < -0.39 is 25.7 Å². The minimum atomic E-state index is -4.07. The molecule has 110 valence electrons. The van der Waals surface area contributed by atoms with Gasteiger partial charge in [0, 0.05) is 22.3 Å². The fraction of sp³-hybridized carbons (Fsp3) is 0.462. The topological polar surface area (TPSA) is 63.2 Å². The summed E-state index contributed by atoms with van der Waals surface area (Å²) in [5.74, 6) is -0.664. The average molecular weight is 320 g/mol. The van der Waals surface area contributed by atoms with E-state index in [0.717, 1.165) is 24.6 Å². The lowest BCUT2D eigenvalue weighted by Gasteiger charge is -2.13. The van der Waals surface area contributed by atoms with Gasteiger partial charge in [-0.2, -0.15) is 0 Å². The van der Waals surface area contributed by atoms with Crippen LogP contribution in [0.4, 0.5) is 4.39 Å². The highest BCUT2D eigenvalue weighted by atomic mass is 35.7. The van der Waals surface area contributed by atoms with Crippen LogP contribution in [0.2, 0.25) is 0 Å². The van der Waals surface area contributed by atoms with Crippen LogP contribution in [-0.2, 0) is 9.05 Å². The third-order valence-electron chi connectivity index (χ3n) is 3.18. The summed E-state index contributed by atoms with van der Waals surface area (Å²) < 4.78 is 35.8. The molecule has 7 heteroatoms. The lowest BCUT2D eigenvalue weighted by Crippen LogP contribution is -2.33. The number of amides is 1. The van der Waals surface area contributed by atoms with Crippen molar-refractivity contribution in [2.75, 3.05) is 0 Å². The quantitative estimate of drug-likeness (QED) is 0.849. The van der Waals surface area contributed by atoms with Crippen LogP contribution < -0.4 is 5.32 Å². The number of hydrogen-bond acceptors (Lipinski definition) is 3. The third kappa shape index (κ3) is 4.18. The molecule has 0 bridgehead atoms. The Morgan fingerprint density at radius 3 is 2.65 bits per heavy atom. The van der Waals surface area contributed by atoms with E-state index in [1.54, 1.807) is 0 Å². The zero-order valence-electron chi connectivity index (χ0n) is 10.9. The molecule has 0 aromatic heterocycles. The predicted octanol–water partition coefficient (Wildman–Crippen LogP) is 2.67. The molecule has 1 aromatic rings. The van der Waals surface area contributed by atoms with Crippen molar-refractivity contribution in [3.05, 3.63) is 29.6 Å². The molecule has 0 radical (unpaired) electrons. The first kappa shape index (κ1) is 15.3. The minimum Gasteiger partial charge on any atom is -0.350 e. The molecule has 1 aliphatic carbocycles. The summed E-state index contributed by atoms with van der Waals surface area (Å²) in [6.45, 7) is 1.87. The molecular formula is C13H15ClFNO3S. The van der Waals surface area contributed by atoms with Crippen LogP contribution in [0.1, 0.15) is 36.5 Å². The molecule has 1 aliphatic rings. The van der Waals surface area contributed by atoms with Gasteiger partial charge in [0.15, 0.2) is 0 Å². The van der Waals surface area contributed by atoms with E-state index in [1.165, 1.54) is 12.8 Å². The maximum absolute atomic E-state index is 13.4. The lowest BCUT2D eigenvalue weighted by atomic mass is 10.1. The minimum absolute atomic E-state index is 0.0330. The summed E-state index contributed by atoms with van der Waals surface area (Å²) in [7, 11) is 1.10. The Hall–Kier alpha value is -1.14. The van der Waals surface area contributed by atoms with Crippen LogP contribution in [0.5, 0.6) is 0 Å². The monoisotopic (exact) mass is 319 g/mol. The van der Waals surface area contributed by atoms with Crippen molar-refractivity contribution >= 4 is 25.6 Å². The normalized spacial score (nSPS) is 16.8. The Bertz CT molecular complexity index is 629. The van der Waals surface area contributed by atoms with Gasteiger partial charge in [0.05, 0.1) is 4.90 Å². The number of carbonyl (C=O) groups excluding carboxylic acids is 1. The van der Waals surface area contributed by atoms with Gasteiger partial charge in [-0.3, -0.25) is 4.79 Å². The zero-order valence-corrected chi connectivity index (χ0v) is 12.5. The molecule has 20 heavy (non-hydrogen) atoms. The first-order valence-corrected chi connectivity index (χ1v) is 8.63. The van der Waals surface area contributed by atoms with Crippen molar-refractivity contribution in [3.8, 4) is 0 Å². The summed E-state index contributed by atoms with van der Waals surface area (Å²) in [5.41, 5.74) is -0.0492. The molecule has 1 unspecified atom stereocenters. The molecule has 1 atom stereocenters. The molecule has 1 saturated carbocycles. The van der Waals surface area contributed by atoms with Crippen LogP contribution in [0.3, 0.4) is 0 Å². The van der Waals surface area contributed by atoms with E-state index in [2.05, 4.69) is 5.32 Å². The Balaban J connectivity index is 2.14. The second-order valence-electron chi connectivity index (χ2n) is 5.17. The maximum Gasteiger partial charge on any atom is 0.261 e. The number of hydrogen-bond donors (Lipinski definition) is 1. The van der Waals surface area contributed by atoms with E-state index in [1.807, 2.05) is 6.92 Å². The molecule has 0 saturated heterocycles. The molecule has 1 aromatic carbocycles. The number of benzene rings is 1. The number of nitrogens with one attached hydrogen (secondary N) is 1. The van der Waals surface area contributed by atoms with Crippen molar-refractivity contribution in [1.82, 2.24) is 5.32 Å². The molecule has 1 fully saturated rings. The third-order valence-corrected chi connectivity index (χ3v) is 4.51. The maximum atomic E-state index is 13.4. The van der Waals surface area contributed by atoms with Gasteiger partial charge in [0.2, 0.25) is 0 Å². The smallest absolute Gasteiger partial charge is 0.261 e. The highest BCUT2D eigenvalue weighted by molar-refractivity contribution is 8.13.